The van der Waals surface area contributed by atoms with Crippen LogP contribution in [0, 0.1) is 0 Å². The van der Waals surface area contributed by atoms with Crippen molar-refractivity contribution in [1.82, 2.24) is 0 Å². The Balaban J connectivity index is 1.34. The topological polar surface area (TPSA) is 64.3 Å². The Bertz CT molecular complexity index is 1530. The highest BCUT2D eigenvalue weighted by molar-refractivity contribution is 8.03. The average molecular weight is 537 g/mol. The molecule has 36 heavy (non-hydrogen) atoms. The number of thiazole rings is 1. The van der Waals surface area contributed by atoms with Gasteiger partial charge < -0.3 is 9.45 Å². The van der Waals surface area contributed by atoms with Crippen LogP contribution in [-0.4, -0.2) is 25.3 Å². The molecular formula is C28H28N2O3S3. The Morgan fingerprint density at radius 1 is 1.03 bits per heavy atom. The first-order valence-corrected chi connectivity index (χ1v) is 15.7. The summed E-state index contributed by atoms with van der Waals surface area (Å²) in [5.41, 5.74) is 6.70. The van der Waals surface area contributed by atoms with Crippen LogP contribution in [0.3, 0.4) is 0 Å². The zero-order valence-electron chi connectivity index (χ0n) is 20.0. The maximum atomic E-state index is 11.2. The summed E-state index contributed by atoms with van der Waals surface area (Å²) in [6, 6.07) is 16.9. The number of anilines is 1. The third kappa shape index (κ3) is 4.79. The minimum Gasteiger partial charge on any atom is -0.748 e. The van der Waals surface area contributed by atoms with Crippen molar-refractivity contribution in [3.63, 3.8) is 0 Å². The molecule has 0 atom stereocenters. The van der Waals surface area contributed by atoms with E-state index < -0.39 is 10.1 Å². The molecule has 0 spiro atoms. The Kier molecular flexibility index (Phi) is 6.54. The van der Waals surface area contributed by atoms with Gasteiger partial charge in [0.05, 0.1) is 20.8 Å². The molecule has 0 fully saturated rings. The SMILES string of the molecule is O=S(=O)([O-])CCCN1/C(=C/C2=CC(=C3\CCC[n+]4c3sc3ccccc34)/CCC2)Sc2ccccc21. The second kappa shape index (κ2) is 9.82. The van der Waals surface area contributed by atoms with Crippen molar-refractivity contribution >= 4 is 54.7 Å². The monoisotopic (exact) mass is 536 g/mol. The lowest BCUT2D eigenvalue weighted by molar-refractivity contribution is -0.672. The van der Waals surface area contributed by atoms with Gasteiger partial charge in [0.2, 0.25) is 5.52 Å². The van der Waals surface area contributed by atoms with Gasteiger partial charge >= 0.3 is 0 Å². The van der Waals surface area contributed by atoms with E-state index in [0.717, 1.165) is 42.9 Å². The van der Waals surface area contributed by atoms with Crippen molar-refractivity contribution in [2.75, 3.05) is 17.2 Å². The molecular weight excluding hydrogens is 509 g/mol. The molecule has 0 saturated heterocycles. The van der Waals surface area contributed by atoms with Crippen LogP contribution in [0.15, 0.2) is 81.8 Å². The molecule has 3 aromatic rings. The maximum Gasteiger partial charge on any atom is 0.266 e. The summed E-state index contributed by atoms with van der Waals surface area (Å²) in [5, 5.41) is 2.52. The molecule has 5 nitrogen and oxygen atoms in total. The normalized spacial score (nSPS) is 21.1. The highest BCUT2D eigenvalue weighted by Crippen LogP contribution is 2.47. The number of para-hydroxylation sites is 2. The summed E-state index contributed by atoms with van der Waals surface area (Å²) in [7, 11) is -4.21. The number of aryl methyl sites for hydroxylation is 1. The summed E-state index contributed by atoms with van der Waals surface area (Å²) in [6.45, 7) is 1.60. The summed E-state index contributed by atoms with van der Waals surface area (Å²) in [4.78, 5) is 3.34. The zero-order chi connectivity index (χ0) is 24.7. The van der Waals surface area contributed by atoms with Gasteiger partial charge in [-0.15, -0.1) is 0 Å². The van der Waals surface area contributed by atoms with E-state index in [-0.39, 0.29) is 5.75 Å². The minimum absolute atomic E-state index is 0.318. The van der Waals surface area contributed by atoms with Crippen LogP contribution < -0.4 is 9.47 Å². The van der Waals surface area contributed by atoms with Gasteiger partial charge in [-0.1, -0.05) is 53.4 Å². The number of thioether (sulfide) groups is 1. The molecule has 3 heterocycles. The van der Waals surface area contributed by atoms with E-state index in [9.17, 15) is 13.0 Å². The van der Waals surface area contributed by atoms with E-state index in [0.29, 0.717) is 13.0 Å². The lowest BCUT2D eigenvalue weighted by Gasteiger charge is -2.22. The minimum atomic E-state index is -4.21. The third-order valence-corrected chi connectivity index (χ3v) is 10.2. The van der Waals surface area contributed by atoms with Crippen LogP contribution in [0.2, 0.25) is 0 Å². The Morgan fingerprint density at radius 3 is 2.75 bits per heavy atom. The second-order valence-corrected chi connectivity index (χ2v) is 13.1. The number of aromatic nitrogens is 1. The van der Waals surface area contributed by atoms with Crippen LogP contribution in [0.5, 0.6) is 0 Å². The molecule has 0 unspecified atom stereocenters. The number of nitrogens with zero attached hydrogens (tertiary/aromatic N) is 2. The van der Waals surface area contributed by atoms with Gasteiger partial charge in [0, 0.05) is 35.3 Å². The summed E-state index contributed by atoms with van der Waals surface area (Å²) in [5.74, 6) is -0.336. The molecule has 0 bridgehead atoms. The Labute approximate surface area is 220 Å². The van der Waals surface area contributed by atoms with Crippen molar-refractivity contribution in [1.29, 1.82) is 0 Å². The largest absolute Gasteiger partial charge is 0.748 e. The maximum absolute atomic E-state index is 11.2. The van der Waals surface area contributed by atoms with E-state index in [1.165, 1.54) is 43.3 Å². The smallest absolute Gasteiger partial charge is 0.266 e. The molecule has 1 aromatic heterocycles. The van der Waals surface area contributed by atoms with Gasteiger partial charge in [-0.05, 0) is 67.5 Å². The summed E-state index contributed by atoms with van der Waals surface area (Å²) in [6.07, 6.45) is 10.6. The lowest BCUT2D eigenvalue weighted by Crippen LogP contribution is -2.39. The van der Waals surface area contributed by atoms with Crippen molar-refractivity contribution in [2.24, 2.45) is 0 Å². The molecule has 3 aliphatic rings. The number of allylic oxidation sites excluding steroid dienone is 5. The molecule has 2 aromatic carbocycles. The van der Waals surface area contributed by atoms with Gasteiger partial charge in [0.25, 0.3) is 5.01 Å². The fourth-order valence-corrected chi connectivity index (χ4v) is 8.39. The molecule has 0 amide bonds. The third-order valence-electron chi connectivity index (χ3n) is 7.05. The Morgan fingerprint density at radius 2 is 1.86 bits per heavy atom. The molecule has 8 heteroatoms. The number of hydrogen-bond donors (Lipinski definition) is 0. The number of benzene rings is 2. The fourth-order valence-electron chi connectivity index (χ4n) is 5.45. The first kappa shape index (κ1) is 24.0. The standard InChI is InChI=1S/C28H28N2O3S3/c31-36(32,33)17-7-16-29-23-11-1-3-13-25(23)34-27(29)19-20-8-5-9-21(18-20)22-10-6-15-30-24-12-2-4-14-26(24)35-28(22)30/h1-4,11-14,18-19H,5-10,15-17H2. The van der Waals surface area contributed by atoms with E-state index >= 15 is 0 Å². The molecule has 0 radical (unpaired) electrons. The fraction of sp³-hybridized carbons (Fsp3) is 0.321. The Hall–Kier alpha value is -2.39. The van der Waals surface area contributed by atoms with Crippen molar-refractivity contribution in [3.8, 4) is 0 Å². The van der Waals surface area contributed by atoms with E-state index in [2.05, 4.69) is 58.0 Å². The van der Waals surface area contributed by atoms with Gasteiger partial charge in [0.15, 0.2) is 6.54 Å². The number of fused-ring (bicyclic) bond motifs is 4. The van der Waals surface area contributed by atoms with E-state index in [4.69, 9.17) is 0 Å². The lowest BCUT2D eigenvalue weighted by atomic mass is 9.89. The van der Waals surface area contributed by atoms with Crippen LogP contribution in [-0.2, 0) is 16.7 Å². The predicted molar refractivity (Wildman–Crippen MR) is 147 cm³/mol. The van der Waals surface area contributed by atoms with Gasteiger partial charge in [0.1, 0.15) is 4.70 Å². The first-order chi connectivity index (χ1) is 17.5. The van der Waals surface area contributed by atoms with E-state index in [1.54, 1.807) is 11.8 Å². The molecule has 0 N–H and O–H groups in total. The average Bonchev–Trinajstić information content (AvgIpc) is 3.41. The molecule has 6 rings (SSSR count). The van der Waals surface area contributed by atoms with Gasteiger partial charge in [-0.2, -0.15) is 4.57 Å². The molecule has 0 saturated carbocycles. The van der Waals surface area contributed by atoms with Crippen LogP contribution >= 0.6 is 23.1 Å². The van der Waals surface area contributed by atoms with Crippen molar-refractivity contribution < 1.29 is 17.5 Å². The first-order valence-electron chi connectivity index (χ1n) is 12.5. The highest BCUT2D eigenvalue weighted by Gasteiger charge is 2.30. The number of hydrogen-bond acceptors (Lipinski definition) is 6. The summed E-state index contributed by atoms with van der Waals surface area (Å²) < 4.78 is 37.4. The molecule has 1 aliphatic carbocycles. The van der Waals surface area contributed by atoms with Crippen molar-refractivity contribution in [3.05, 3.63) is 81.9 Å². The van der Waals surface area contributed by atoms with Crippen LogP contribution in [0.4, 0.5) is 5.69 Å². The highest BCUT2D eigenvalue weighted by atomic mass is 32.2. The van der Waals surface area contributed by atoms with E-state index in [1.807, 2.05) is 23.5 Å². The molecule has 186 valence electrons. The van der Waals surface area contributed by atoms with Crippen LogP contribution in [0.1, 0.15) is 43.5 Å². The van der Waals surface area contributed by atoms with Gasteiger partial charge in [-0.25, -0.2) is 8.42 Å². The predicted octanol–water partition coefficient (Wildman–Crippen LogP) is 6.24. The second-order valence-electron chi connectivity index (χ2n) is 9.53. The van der Waals surface area contributed by atoms with Gasteiger partial charge in [-0.3, -0.25) is 0 Å². The van der Waals surface area contributed by atoms with Crippen molar-refractivity contribution in [2.45, 2.75) is 50.0 Å². The summed E-state index contributed by atoms with van der Waals surface area (Å²) >= 11 is 3.64. The molecule has 2 aliphatic heterocycles. The quantitative estimate of drug-likeness (QED) is 0.285. The number of rotatable bonds is 5. The zero-order valence-corrected chi connectivity index (χ0v) is 22.4. The van der Waals surface area contributed by atoms with Crippen LogP contribution in [0.25, 0.3) is 15.8 Å².